The number of thioether (sulfide) groups is 1. The van der Waals surface area contributed by atoms with Gasteiger partial charge in [0.25, 0.3) is 0 Å². The summed E-state index contributed by atoms with van der Waals surface area (Å²) in [5, 5.41) is 0.129. The van der Waals surface area contributed by atoms with Crippen LogP contribution in [0.5, 0.6) is 0 Å². The molecule has 0 spiro atoms. The van der Waals surface area contributed by atoms with E-state index < -0.39 is 0 Å². The van der Waals surface area contributed by atoms with Crippen LogP contribution in [0, 0.1) is 5.82 Å². The molecule has 0 aliphatic carbocycles. The number of halogens is 2. The van der Waals surface area contributed by atoms with E-state index in [4.69, 9.17) is 5.73 Å². The van der Waals surface area contributed by atoms with Crippen molar-refractivity contribution in [2.75, 3.05) is 6.54 Å². The first-order valence-corrected chi connectivity index (χ1v) is 7.24. The highest BCUT2D eigenvalue weighted by Gasteiger charge is 2.12. The number of hydrogen-bond acceptors (Lipinski definition) is 2. The smallest absolute Gasteiger partial charge is 0.124 e. The highest BCUT2D eigenvalue weighted by Crippen LogP contribution is 2.35. The average molecular weight is 326 g/mol. The molecule has 0 aromatic heterocycles. The molecule has 4 heteroatoms. The van der Waals surface area contributed by atoms with Crippen molar-refractivity contribution in [1.29, 1.82) is 0 Å². The van der Waals surface area contributed by atoms with Crippen LogP contribution < -0.4 is 5.73 Å². The molecule has 0 aliphatic heterocycles. The third-order valence-corrected chi connectivity index (χ3v) is 4.28. The highest BCUT2D eigenvalue weighted by molar-refractivity contribution is 9.10. The summed E-state index contributed by atoms with van der Waals surface area (Å²) in [6.45, 7) is 0.512. The van der Waals surface area contributed by atoms with E-state index in [9.17, 15) is 4.39 Å². The number of benzene rings is 2. The topological polar surface area (TPSA) is 26.0 Å². The van der Waals surface area contributed by atoms with Crippen LogP contribution in [-0.2, 0) is 0 Å². The van der Waals surface area contributed by atoms with Crippen molar-refractivity contribution in [3.8, 4) is 0 Å². The fourth-order valence-electron chi connectivity index (χ4n) is 1.66. The zero-order valence-corrected chi connectivity index (χ0v) is 12.0. The molecule has 0 radical (unpaired) electrons. The predicted octanol–water partition coefficient (Wildman–Crippen LogP) is 4.38. The summed E-state index contributed by atoms with van der Waals surface area (Å²) in [6.07, 6.45) is 0. The van der Waals surface area contributed by atoms with Crippen molar-refractivity contribution >= 4 is 27.7 Å². The van der Waals surface area contributed by atoms with Gasteiger partial charge in [-0.1, -0.05) is 34.1 Å². The van der Waals surface area contributed by atoms with Crippen molar-refractivity contribution in [2.24, 2.45) is 5.73 Å². The molecular weight excluding hydrogens is 313 g/mol. The molecule has 2 aromatic carbocycles. The molecule has 0 aliphatic rings. The molecule has 1 unspecified atom stereocenters. The maximum Gasteiger partial charge on any atom is 0.124 e. The van der Waals surface area contributed by atoms with E-state index in [1.807, 2.05) is 30.3 Å². The van der Waals surface area contributed by atoms with E-state index >= 15 is 0 Å². The molecule has 1 nitrogen and oxygen atoms in total. The lowest BCUT2D eigenvalue weighted by atomic mass is 10.1. The van der Waals surface area contributed by atoms with Crippen molar-refractivity contribution < 1.29 is 4.39 Å². The minimum atomic E-state index is -0.218. The third kappa shape index (κ3) is 3.57. The average Bonchev–Trinajstić information content (AvgIpc) is 2.36. The van der Waals surface area contributed by atoms with E-state index in [-0.39, 0.29) is 11.1 Å². The summed E-state index contributed by atoms with van der Waals surface area (Å²) < 4.78 is 14.2. The van der Waals surface area contributed by atoms with Crippen molar-refractivity contribution in [1.82, 2.24) is 0 Å². The molecule has 2 aromatic rings. The summed E-state index contributed by atoms with van der Waals surface area (Å²) in [5.74, 6) is -0.218. The molecule has 94 valence electrons. The standard InChI is InChI=1S/C14H13BrFNS/c15-11-4-1-3-10(7-11)14(9-17)18-13-6-2-5-12(16)8-13/h1-8,14H,9,17H2. The molecule has 0 saturated heterocycles. The molecule has 0 amide bonds. The minimum absolute atomic E-state index is 0.129. The molecule has 0 bridgehead atoms. The zero-order chi connectivity index (χ0) is 13.0. The number of rotatable bonds is 4. The van der Waals surface area contributed by atoms with E-state index in [0.717, 1.165) is 14.9 Å². The summed E-state index contributed by atoms with van der Waals surface area (Å²) in [6, 6.07) is 14.6. The first kappa shape index (κ1) is 13.6. The van der Waals surface area contributed by atoms with E-state index in [1.54, 1.807) is 17.8 Å². The second-order valence-corrected chi connectivity index (χ2v) is 6.05. The second kappa shape index (κ2) is 6.36. The van der Waals surface area contributed by atoms with Crippen LogP contribution in [0.15, 0.2) is 57.9 Å². The highest BCUT2D eigenvalue weighted by atomic mass is 79.9. The van der Waals surface area contributed by atoms with Gasteiger partial charge >= 0.3 is 0 Å². The Hall–Kier alpha value is -0.840. The lowest BCUT2D eigenvalue weighted by Crippen LogP contribution is -2.09. The van der Waals surface area contributed by atoms with Crippen LogP contribution in [0.25, 0.3) is 0 Å². The monoisotopic (exact) mass is 325 g/mol. The van der Waals surface area contributed by atoms with Gasteiger partial charge in [0.2, 0.25) is 0 Å². The maximum absolute atomic E-state index is 13.1. The van der Waals surface area contributed by atoms with E-state index in [2.05, 4.69) is 15.9 Å². The van der Waals surface area contributed by atoms with Crippen LogP contribution >= 0.6 is 27.7 Å². The first-order valence-electron chi connectivity index (χ1n) is 5.57. The van der Waals surface area contributed by atoms with Crippen LogP contribution in [-0.4, -0.2) is 6.54 Å². The normalized spacial score (nSPS) is 12.4. The van der Waals surface area contributed by atoms with Crippen molar-refractivity contribution in [2.45, 2.75) is 10.1 Å². The Bertz CT molecular complexity index is 533. The van der Waals surface area contributed by atoms with Crippen molar-refractivity contribution in [3.05, 3.63) is 64.4 Å². The molecule has 2 rings (SSSR count). The Balaban J connectivity index is 2.19. The Labute approximate surface area is 119 Å². The molecule has 0 heterocycles. The summed E-state index contributed by atoms with van der Waals surface area (Å²) in [5.41, 5.74) is 6.95. The van der Waals surface area contributed by atoms with Gasteiger partial charge in [-0.2, -0.15) is 0 Å². The van der Waals surface area contributed by atoms with Gasteiger partial charge in [-0.05, 0) is 35.9 Å². The molecular formula is C14H13BrFNS. The number of hydrogen-bond donors (Lipinski definition) is 1. The van der Waals surface area contributed by atoms with Gasteiger partial charge in [0.15, 0.2) is 0 Å². The SMILES string of the molecule is NCC(Sc1cccc(F)c1)c1cccc(Br)c1. The number of nitrogens with two attached hydrogens (primary N) is 1. The Morgan fingerprint density at radius 1 is 1.17 bits per heavy atom. The quantitative estimate of drug-likeness (QED) is 0.844. The molecule has 1 atom stereocenters. The van der Waals surface area contributed by atoms with Gasteiger partial charge < -0.3 is 5.73 Å². The van der Waals surface area contributed by atoms with Crippen LogP contribution in [0.2, 0.25) is 0 Å². The predicted molar refractivity (Wildman–Crippen MR) is 78.2 cm³/mol. The second-order valence-electron chi connectivity index (χ2n) is 3.85. The Morgan fingerprint density at radius 3 is 2.61 bits per heavy atom. The van der Waals surface area contributed by atoms with Crippen LogP contribution in [0.4, 0.5) is 4.39 Å². The Kier molecular flexibility index (Phi) is 4.80. The van der Waals surface area contributed by atoms with Gasteiger partial charge in [-0.15, -0.1) is 11.8 Å². The lowest BCUT2D eigenvalue weighted by Gasteiger charge is -2.15. The summed E-state index contributed by atoms with van der Waals surface area (Å²) in [7, 11) is 0. The van der Waals surface area contributed by atoms with Gasteiger partial charge in [0, 0.05) is 21.2 Å². The van der Waals surface area contributed by atoms with Crippen molar-refractivity contribution in [3.63, 3.8) is 0 Å². The Morgan fingerprint density at radius 2 is 1.94 bits per heavy atom. The van der Waals surface area contributed by atoms with Crippen LogP contribution in [0.1, 0.15) is 10.8 Å². The molecule has 18 heavy (non-hydrogen) atoms. The lowest BCUT2D eigenvalue weighted by molar-refractivity contribution is 0.624. The maximum atomic E-state index is 13.1. The van der Waals surface area contributed by atoms with Gasteiger partial charge in [-0.3, -0.25) is 0 Å². The third-order valence-electron chi connectivity index (χ3n) is 2.51. The minimum Gasteiger partial charge on any atom is -0.329 e. The largest absolute Gasteiger partial charge is 0.329 e. The van der Waals surface area contributed by atoms with E-state index in [1.165, 1.54) is 12.1 Å². The van der Waals surface area contributed by atoms with Gasteiger partial charge in [0.05, 0.1) is 0 Å². The zero-order valence-electron chi connectivity index (χ0n) is 9.64. The van der Waals surface area contributed by atoms with Crippen LogP contribution in [0.3, 0.4) is 0 Å². The first-order chi connectivity index (χ1) is 8.69. The molecule has 2 N–H and O–H groups in total. The summed E-state index contributed by atoms with van der Waals surface area (Å²) >= 11 is 5.03. The van der Waals surface area contributed by atoms with Gasteiger partial charge in [-0.25, -0.2) is 4.39 Å². The van der Waals surface area contributed by atoms with Gasteiger partial charge in [0.1, 0.15) is 5.82 Å². The van der Waals surface area contributed by atoms with E-state index in [0.29, 0.717) is 6.54 Å². The summed E-state index contributed by atoms with van der Waals surface area (Å²) in [4.78, 5) is 0.894. The fraction of sp³-hybridized carbons (Fsp3) is 0.143. The fourth-order valence-corrected chi connectivity index (χ4v) is 3.13. The molecule has 0 fully saturated rings. The molecule has 0 saturated carbocycles.